The van der Waals surface area contributed by atoms with Crippen molar-refractivity contribution in [2.75, 3.05) is 0 Å². The van der Waals surface area contributed by atoms with Crippen molar-refractivity contribution >= 4 is 46.8 Å². The van der Waals surface area contributed by atoms with E-state index in [-0.39, 0.29) is 44.1 Å². The number of carbonyl (C=O) groups is 4. The van der Waals surface area contributed by atoms with Crippen molar-refractivity contribution < 1.29 is 33.8 Å². The summed E-state index contributed by atoms with van der Waals surface area (Å²) in [4.78, 5) is 55.0. The van der Waals surface area contributed by atoms with Crippen LogP contribution in [-0.2, 0) is 51.6 Å². The van der Waals surface area contributed by atoms with Gasteiger partial charge in [0.1, 0.15) is 30.2 Å². The van der Waals surface area contributed by atoms with Gasteiger partial charge in [0.15, 0.2) is 11.9 Å². The molecular formula is C46H39Cl2N3O7. The summed E-state index contributed by atoms with van der Waals surface area (Å²) in [5, 5.41) is 22.9. The van der Waals surface area contributed by atoms with E-state index in [0.717, 1.165) is 27.8 Å². The molecule has 294 valence electrons. The molecule has 0 radical (unpaired) electrons. The third-order valence-corrected chi connectivity index (χ3v) is 11.2. The van der Waals surface area contributed by atoms with Crippen molar-refractivity contribution in [1.29, 1.82) is 5.26 Å². The molecule has 2 amide bonds. The highest BCUT2D eigenvalue weighted by Crippen LogP contribution is 2.38. The fourth-order valence-corrected chi connectivity index (χ4v) is 7.57. The molecule has 3 atom stereocenters. The first-order valence-corrected chi connectivity index (χ1v) is 19.6. The Morgan fingerprint density at radius 3 is 2.19 bits per heavy atom. The number of ether oxygens (including phenoxy) is 2. The number of hydrogen-bond acceptors (Lipinski definition) is 7. The minimum absolute atomic E-state index is 0.0266. The van der Waals surface area contributed by atoms with Crippen LogP contribution < -0.4 is 14.8 Å². The Hall–Kier alpha value is -6.15. The second-order valence-corrected chi connectivity index (χ2v) is 15.6. The number of ketones is 1. The summed E-state index contributed by atoms with van der Waals surface area (Å²) in [5.74, 6) is -1.45. The monoisotopic (exact) mass is 815 g/mol. The number of halogens is 2. The molecule has 2 aliphatic rings. The molecule has 5 aromatic carbocycles. The summed E-state index contributed by atoms with van der Waals surface area (Å²) < 4.78 is 12.2. The van der Waals surface area contributed by atoms with Gasteiger partial charge in [0.05, 0.1) is 21.7 Å². The Morgan fingerprint density at radius 1 is 0.879 bits per heavy atom. The zero-order valence-electron chi connectivity index (χ0n) is 31.7. The standard InChI is InChI=1S/C46H39Cl2N3O7/c1-26(2)45(54)51-24-35-22-42-34(21-41(52)43(58-42)32-12-14-36(15-13-32)57-25-29-7-16-37(47)38(48)17-29)19-33(35)20-40(51)44(53)50-39(46(55)56)18-27-3-8-30(9-4-27)31-10-5-28(23-49)6-11-31/h3-17,19,22,26,39-40,43H,18,20-21,24-25H2,1-2H3,(H,50,53)(H,55,56)/t39-,40-,43?/m0/s1. The second-order valence-electron chi connectivity index (χ2n) is 14.8. The molecule has 0 aromatic heterocycles. The van der Waals surface area contributed by atoms with Crippen molar-refractivity contribution in [2.24, 2.45) is 5.92 Å². The SMILES string of the molecule is CC(C)C(=O)N1Cc2cc3c(cc2C[C@H]1C(=O)N[C@@H](Cc1ccc(-c2ccc(C#N)cc2)cc1)C(=O)O)CC(=O)C(c1ccc(OCc2ccc(Cl)c(Cl)c2)cc1)O3. The molecule has 7 rings (SSSR count). The molecule has 0 bridgehead atoms. The zero-order chi connectivity index (χ0) is 41.1. The third kappa shape index (κ3) is 8.86. The van der Waals surface area contributed by atoms with Crippen LogP contribution >= 0.6 is 23.2 Å². The summed E-state index contributed by atoms with van der Waals surface area (Å²) in [6.45, 7) is 3.90. The normalized spacial score (nSPS) is 16.3. The molecule has 12 heteroatoms. The van der Waals surface area contributed by atoms with E-state index in [9.17, 15) is 24.3 Å². The lowest BCUT2D eigenvalue weighted by atomic mass is 9.87. The van der Waals surface area contributed by atoms with E-state index < -0.39 is 36.0 Å². The highest BCUT2D eigenvalue weighted by Gasteiger charge is 2.39. The number of rotatable bonds is 11. The lowest BCUT2D eigenvalue weighted by molar-refractivity contribution is -0.146. The first kappa shape index (κ1) is 40.1. The van der Waals surface area contributed by atoms with Crippen LogP contribution in [0.4, 0.5) is 0 Å². The predicted octanol–water partition coefficient (Wildman–Crippen LogP) is 8.08. The van der Waals surface area contributed by atoms with Gasteiger partial charge in [-0.25, -0.2) is 4.79 Å². The number of benzene rings is 5. The van der Waals surface area contributed by atoms with E-state index in [2.05, 4.69) is 11.4 Å². The van der Waals surface area contributed by atoms with Gasteiger partial charge >= 0.3 is 5.97 Å². The van der Waals surface area contributed by atoms with E-state index in [1.807, 2.05) is 54.6 Å². The molecule has 58 heavy (non-hydrogen) atoms. The number of aliphatic carboxylic acids is 1. The number of nitrogens with zero attached hydrogens (tertiary/aromatic N) is 2. The van der Waals surface area contributed by atoms with E-state index in [4.69, 9.17) is 37.9 Å². The number of nitriles is 1. The van der Waals surface area contributed by atoms with Crippen LogP contribution in [-0.4, -0.2) is 45.7 Å². The quantitative estimate of drug-likeness (QED) is 0.136. The van der Waals surface area contributed by atoms with Crippen molar-refractivity contribution in [3.8, 4) is 28.7 Å². The first-order valence-electron chi connectivity index (χ1n) is 18.8. The second kappa shape index (κ2) is 17.1. The molecule has 2 heterocycles. The number of Topliss-reactive ketones (excluding diaryl/α,β-unsaturated/α-hetero) is 1. The number of hydrogen-bond donors (Lipinski definition) is 2. The van der Waals surface area contributed by atoms with Crippen molar-refractivity contribution in [1.82, 2.24) is 10.2 Å². The zero-order valence-corrected chi connectivity index (χ0v) is 33.2. The van der Waals surface area contributed by atoms with Crippen molar-refractivity contribution in [2.45, 2.75) is 64.4 Å². The first-order chi connectivity index (χ1) is 27.9. The van der Waals surface area contributed by atoms with Crippen LogP contribution in [0.1, 0.15) is 58.9 Å². The average molecular weight is 817 g/mol. The summed E-state index contributed by atoms with van der Waals surface area (Å²) >= 11 is 12.1. The number of carboxylic acids is 1. The van der Waals surface area contributed by atoms with E-state index in [1.165, 1.54) is 4.90 Å². The van der Waals surface area contributed by atoms with Crippen molar-refractivity contribution in [3.63, 3.8) is 0 Å². The minimum atomic E-state index is -1.25. The molecule has 0 saturated heterocycles. The lowest BCUT2D eigenvalue weighted by Gasteiger charge is -2.38. The van der Waals surface area contributed by atoms with Gasteiger partial charge in [-0.15, -0.1) is 0 Å². The topological polar surface area (TPSA) is 146 Å². The number of fused-ring (bicyclic) bond motifs is 2. The fourth-order valence-electron chi connectivity index (χ4n) is 7.25. The molecule has 2 N–H and O–H groups in total. The van der Waals surface area contributed by atoms with Gasteiger partial charge in [-0.2, -0.15) is 5.26 Å². The number of amides is 2. The van der Waals surface area contributed by atoms with Crippen molar-refractivity contribution in [3.05, 3.63) is 152 Å². The third-order valence-electron chi connectivity index (χ3n) is 10.4. The average Bonchev–Trinajstić information content (AvgIpc) is 3.22. The smallest absolute Gasteiger partial charge is 0.326 e. The highest BCUT2D eigenvalue weighted by molar-refractivity contribution is 6.42. The molecule has 1 unspecified atom stereocenters. The number of carbonyl (C=O) groups excluding carboxylic acids is 3. The minimum Gasteiger partial charge on any atom is -0.489 e. The van der Waals surface area contributed by atoms with E-state index >= 15 is 0 Å². The molecule has 5 aromatic rings. The molecule has 0 saturated carbocycles. The Labute approximate surface area is 345 Å². The van der Waals surface area contributed by atoms with Gasteiger partial charge in [-0.05, 0) is 75.8 Å². The molecule has 2 aliphatic heterocycles. The molecule has 0 aliphatic carbocycles. The summed E-state index contributed by atoms with van der Waals surface area (Å²) in [7, 11) is 0. The summed E-state index contributed by atoms with van der Waals surface area (Å²) in [5.41, 5.74) is 6.83. The van der Waals surface area contributed by atoms with Gasteiger partial charge in [0.25, 0.3) is 0 Å². The maximum absolute atomic E-state index is 14.0. The van der Waals surface area contributed by atoms with Gasteiger partial charge in [0, 0.05) is 42.9 Å². The van der Waals surface area contributed by atoms with Crippen LogP contribution in [0.5, 0.6) is 11.5 Å². The lowest BCUT2D eigenvalue weighted by Crippen LogP contribution is -2.56. The van der Waals surface area contributed by atoms with Crippen LogP contribution in [0.25, 0.3) is 11.1 Å². The van der Waals surface area contributed by atoms with Gasteiger partial charge in [-0.1, -0.05) is 97.7 Å². The Bertz CT molecular complexity index is 2430. The maximum Gasteiger partial charge on any atom is 0.326 e. The number of nitrogens with one attached hydrogen (secondary N) is 1. The van der Waals surface area contributed by atoms with Crippen LogP contribution in [0.2, 0.25) is 10.0 Å². The predicted molar refractivity (Wildman–Crippen MR) is 219 cm³/mol. The molecular weight excluding hydrogens is 777 g/mol. The highest BCUT2D eigenvalue weighted by atomic mass is 35.5. The van der Waals surface area contributed by atoms with E-state index in [0.29, 0.717) is 43.8 Å². The molecule has 0 fully saturated rings. The van der Waals surface area contributed by atoms with Crippen LogP contribution in [0.3, 0.4) is 0 Å². The van der Waals surface area contributed by atoms with Gasteiger partial charge < -0.3 is 24.8 Å². The van der Waals surface area contributed by atoms with Gasteiger partial charge in [0.2, 0.25) is 11.8 Å². The van der Waals surface area contributed by atoms with E-state index in [1.54, 1.807) is 62.4 Å². The Morgan fingerprint density at radius 2 is 1.55 bits per heavy atom. The van der Waals surface area contributed by atoms with Crippen LogP contribution in [0, 0.1) is 17.2 Å². The molecule has 0 spiro atoms. The Balaban J connectivity index is 1.04. The summed E-state index contributed by atoms with van der Waals surface area (Å²) in [6.07, 6.45) is -0.566. The van der Waals surface area contributed by atoms with Crippen LogP contribution in [0.15, 0.2) is 103 Å². The maximum atomic E-state index is 14.0. The Kier molecular flexibility index (Phi) is 11.8. The molecule has 10 nitrogen and oxygen atoms in total. The fraction of sp³-hybridized carbons (Fsp3) is 0.239. The van der Waals surface area contributed by atoms with Gasteiger partial charge in [-0.3, -0.25) is 14.4 Å². The summed E-state index contributed by atoms with van der Waals surface area (Å²) in [6, 6.07) is 30.5. The largest absolute Gasteiger partial charge is 0.489 e. The number of carboxylic acid groups (broad SMARTS) is 1.